The molecule has 23 nitrogen and oxygen atoms in total. The number of fused-ring (bicyclic) bond motifs is 3. The lowest BCUT2D eigenvalue weighted by molar-refractivity contribution is -0.119. The average molecular weight is 1230 g/mol. The number of carbonyl (C=O) groups excluding carboxylic acids is 1. The minimum Gasteiger partial charge on any atom is -0.497 e. The zero-order valence-electron chi connectivity index (χ0n) is 45.8. The number of nitrogens with one attached hydrogen (secondary N) is 2. The van der Waals surface area contributed by atoms with Crippen LogP contribution < -0.4 is 36.9 Å². The van der Waals surface area contributed by atoms with E-state index >= 15 is 0 Å². The molecule has 0 bridgehead atoms. The fourth-order valence-electron chi connectivity index (χ4n) is 6.32. The van der Waals surface area contributed by atoms with E-state index in [1.165, 1.54) is 41.3 Å². The summed E-state index contributed by atoms with van der Waals surface area (Å²) in [6.07, 6.45) is 11.6. The SMILES string of the molecule is CC(=O)CO.COc1ccc(N(C)c2ncnc3occ(C)c23)cc1.COc1ccc(Nc2ncnc3occ(C)c23)cc1.Cc1ccc(I)cc1.Cc1coc2ncnc(N)c12.Cl.N=CN.[C-]#[N+]CC#N.[C-]#[N+]c1c(C)coc1N. The number of ketones is 1. The van der Waals surface area contributed by atoms with Gasteiger partial charge in [-0.05, 0) is 130 Å². The summed E-state index contributed by atoms with van der Waals surface area (Å²) >= 11 is 2.30. The van der Waals surface area contributed by atoms with Crippen molar-refractivity contribution in [2.75, 3.05) is 56.1 Å². The zero-order chi connectivity index (χ0) is 59.1. The number of nitrogens with zero attached hydrogens (tertiary/aromatic N) is 10. The first-order valence-electron chi connectivity index (χ1n) is 23.5. The molecule has 0 radical (unpaired) electrons. The topological polar surface area (TPSA) is 335 Å². The van der Waals surface area contributed by atoms with Gasteiger partial charge in [-0.1, -0.05) is 17.7 Å². The highest BCUT2D eigenvalue weighted by Crippen LogP contribution is 2.32. The molecule has 0 atom stereocenters. The monoisotopic (exact) mass is 1230 g/mol. The van der Waals surface area contributed by atoms with E-state index in [4.69, 9.17) is 67.5 Å². The predicted octanol–water partition coefficient (Wildman–Crippen LogP) is 12.0. The van der Waals surface area contributed by atoms with Crippen LogP contribution in [0.1, 0.15) is 34.7 Å². The maximum Gasteiger partial charge on any atom is 0.298 e. The number of hydrogen-bond acceptors (Lipinski definition) is 20. The Morgan fingerprint density at radius 1 is 0.753 bits per heavy atom. The first kappa shape index (κ1) is 67.3. The number of aliphatic hydroxyl groups is 1. The lowest BCUT2D eigenvalue weighted by Crippen LogP contribution is -2.11. The quantitative estimate of drug-likeness (QED) is 0.0284. The number of aromatic nitrogens is 6. The number of methoxy groups -OCH3 is 2. The van der Waals surface area contributed by atoms with Gasteiger partial charge in [-0.25, -0.2) is 41.3 Å². The largest absolute Gasteiger partial charge is 0.497 e. The molecule has 9 N–H and O–H groups in total. The van der Waals surface area contributed by atoms with Crippen LogP contribution in [0, 0.1) is 68.1 Å². The molecule has 0 spiro atoms. The second-order valence-corrected chi connectivity index (χ2v) is 17.4. The molecule has 7 aromatic heterocycles. The highest BCUT2D eigenvalue weighted by atomic mass is 127. The van der Waals surface area contributed by atoms with E-state index in [0.29, 0.717) is 28.6 Å². The summed E-state index contributed by atoms with van der Waals surface area (Å²) < 4.78 is 32.2. The van der Waals surface area contributed by atoms with E-state index in [1.807, 2.05) is 81.2 Å². The van der Waals surface area contributed by atoms with E-state index in [-0.39, 0.29) is 37.2 Å². The number of carbonyl (C=O) groups is 1. The van der Waals surface area contributed by atoms with Crippen molar-refractivity contribution in [3.05, 3.63) is 171 Å². The van der Waals surface area contributed by atoms with E-state index in [1.54, 1.807) is 46.0 Å². The Morgan fingerprint density at radius 3 is 1.63 bits per heavy atom. The number of nitriles is 1. The summed E-state index contributed by atoms with van der Waals surface area (Å²) in [7, 11) is 5.27. The molecular formula is C56H61ClIN15O8. The highest BCUT2D eigenvalue weighted by molar-refractivity contribution is 14.1. The summed E-state index contributed by atoms with van der Waals surface area (Å²) in [6, 6.07) is 25.6. The van der Waals surface area contributed by atoms with Gasteiger partial charge in [0.15, 0.2) is 11.7 Å². The molecule has 0 aliphatic rings. The van der Waals surface area contributed by atoms with Crippen LogP contribution in [0.5, 0.6) is 11.5 Å². The van der Waals surface area contributed by atoms with Crippen LogP contribution in [-0.2, 0) is 4.79 Å². The second kappa shape index (κ2) is 35.6. The molecule has 0 unspecified atom stereocenters. The number of aryl methyl sites for hydroxylation is 5. The average Bonchev–Trinajstić information content (AvgIpc) is 4.39. The molecular weight excluding hydrogens is 1170 g/mol. The standard InChI is InChI=1S/C15H15N3O2.C14H13N3O2.C7H7I.C7H7N3O.C6H6N2O.C3H2N2.C3H6O2.CH4N2.ClH/c1-10-8-20-15-13(10)14(16-9-17-15)18(2)11-4-6-12(19-3)7-5-11;1-9-7-19-14-12(9)13(15-8-16-14)17-10-3-5-11(18-2)6-4-10;1-6-2-4-7(8)5-3-6;1-4-2-11-7-5(4)6(8)9-3-10-7;1-4-3-9-6(7)5(4)8-2;1-5-3-2-4;1-3(5)2-4;2-1-3;/h4-9H,1-3H3;3-8H,1-2H3,(H,15,16,17);2-5H,1H3;2-3H,1H3,(H2,8,9,10);3H,7H2,1H3;3H2;4H,2H2,1H3;1H,(H3,2,3);1H. The van der Waals surface area contributed by atoms with Crippen LogP contribution in [0.2, 0.25) is 0 Å². The number of aliphatic hydroxyl groups excluding tert-OH is 1. The number of rotatable bonds is 7. The van der Waals surface area contributed by atoms with Gasteiger partial charge in [-0.3, -0.25) is 10.2 Å². The molecule has 0 aliphatic heterocycles. The van der Waals surface area contributed by atoms with E-state index in [9.17, 15) is 4.79 Å². The number of anilines is 6. The van der Waals surface area contributed by atoms with Crippen molar-refractivity contribution < 1.29 is 37.0 Å². The number of nitrogens with two attached hydrogens (primary N) is 3. The van der Waals surface area contributed by atoms with Crippen molar-refractivity contribution in [3.63, 3.8) is 0 Å². The molecule has 0 fully saturated rings. The number of benzene rings is 3. The lowest BCUT2D eigenvalue weighted by atomic mass is 10.2. The molecule has 10 aromatic rings. The van der Waals surface area contributed by atoms with Gasteiger partial charge in [0.2, 0.25) is 17.1 Å². The van der Waals surface area contributed by atoms with Gasteiger partial charge in [0.1, 0.15) is 60.6 Å². The van der Waals surface area contributed by atoms with Crippen molar-refractivity contribution in [1.29, 1.82) is 10.7 Å². The van der Waals surface area contributed by atoms with Crippen LogP contribution in [0.15, 0.2) is 134 Å². The molecule has 422 valence electrons. The summed E-state index contributed by atoms with van der Waals surface area (Å²) in [5.41, 5.74) is 24.5. The van der Waals surface area contributed by atoms with Crippen molar-refractivity contribution in [2.45, 2.75) is 41.5 Å². The Bertz CT molecular complexity index is 3590. The highest BCUT2D eigenvalue weighted by Gasteiger charge is 2.15. The van der Waals surface area contributed by atoms with Crippen LogP contribution in [-0.4, -0.2) is 81.6 Å². The number of Topliss-reactive ketones (excluding diaryl/α,β-unsaturated/α-hetero) is 1. The normalized spacial score (nSPS) is 9.38. The predicted molar refractivity (Wildman–Crippen MR) is 324 cm³/mol. The number of halogens is 2. The summed E-state index contributed by atoms with van der Waals surface area (Å²) in [5, 5.41) is 27.2. The minimum atomic E-state index is -0.333. The second-order valence-electron chi connectivity index (χ2n) is 16.1. The summed E-state index contributed by atoms with van der Waals surface area (Å²) in [4.78, 5) is 42.1. The molecule has 25 heteroatoms. The fourth-order valence-corrected chi connectivity index (χ4v) is 6.68. The lowest BCUT2D eigenvalue weighted by Gasteiger charge is -2.19. The molecule has 10 rings (SSSR count). The Hall–Kier alpha value is -9.81. The van der Waals surface area contributed by atoms with Crippen molar-refractivity contribution in [3.8, 4) is 17.6 Å². The Balaban J connectivity index is 0.000000338. The van der Waals surface area contributed by atoms with Crippen molar-refractivity contribution in [1.82, 2.24) is 29.9 Å². The van der Waals surface area contributed by atoms with Crippen LogP contribution >= 0.6 is 35.0 Å². The zero-order valence-corrected chi connectivity index (χ0v) is 48.7. The van der Waals surface area contributed by atoms with Gasteiger partial charge in [-0.2, -0.15) is 5.26 Å². The minimum absolute atomic E-state index is 0. The Morgan fingerprint density at radius 2 is 1.21 bits per heavy atom. The maximum atomic E-state index is 9.56. The van der Waals surface area contributed by atoms with Gasteiger partial charge in [0.25, 0.3) is 12.2 Å². The van der Waals surface area contributed by atoms with E-state index < -0.39 is 0 Å². The molecule has 7 heterocycles. The number of hydrogen-bond donors (Lipinski definition) is 6. The van der Waals surface area contributed by atoms with Gasteiger partial charge >= 0.3 is 0 Å². The first-order valence-corrected chi connectivity index (χ1v) is 24.5. The third kappa shape index (κ3) is 21.2. The van der Waals surface area contributed by atoms with Gasteiger partial charge in [0.05, 0.1) is 68.3 Å². The van der Waals surface area contributed by atoms with E-state index in [0.717, 1.165) is 79.3 Å². The summed E-state index contributed by atoms with van der Waals surface area (Å²) in [5.74, 6) is 3.70. The third-order valence-corrected chi connectivity index (χ3v) is 11.0. The summed E-state index contributed by atoms with van der Waals surface area (Å²) in [6.45, 7) is 23.4. The Labute approximate surface area is 487 Å². The van der Waals surface area contributed by atoms with E-state index in [2.05, 4.69) is 104 Å². The maximum absolute atomic E-state index is 9.56. The molecule has 3 aromatic carbocycles. The Kier molecular flexibility index (Phi) is 29.6. The molecule has 0 aliphatic carbocycles. The molecule has 0 saturated carbocycles. The van der Waals surface area contributed by atoms with Gasteiger partial charge in [0, 0.05) is 38.7 Å². The van der Waals surface area contributed by atoms with Crippen molar-refractivity contribution >= 4 is 121 Å². The van der Waals surface area contributed by atoms with Crippen molar-refractivity contribution in [2.24, 2.45) is 5.73 Å². The smallest absolute Gasteiger partial charge is 0.298 e. The van der Waals surface area contributed by atoms with Crippen LogP contribution in [0.25, 0.3) is 43.0 Å². The van der Waals surface area contributed by atoms with Gasteiger partial charge in [-0.15, -0.1) is 12.4 Å². The number of ether oxygens (including phenoxy) is 2. The molecule has 0 amide bonds. The fraction of sp³-hybridized carbons (Fsp3) is 0.196. The third-order valence-electron chi connectivity index (χ3n) is 10.3. The number of nitrogen functional groups attached to an aromatic ring is 2. The number of furan rings is 4. The first-order chi connectivity index (χ1) is 38.4. The van der Waals surface area contributed by atoms with Crippen LogP contribution in [0.4, 0.5) is 40.4 Å². The molecule has 81 heavy (non-hydrogen) atoms. The molecule has 0 saturated heterocycles. The van der Waals surface area contributed by atoms with Gasteiger partial charge < -0.3 is 64.5 Å². The van der Waals surface area contributed by atoms with Crippen LogP contribution in [0.3, 0.4) is 0 Å².